The summed E-state index contributed by atoms with van der Waals surface area (Å²) in [7, 11) is 1.63. The maximum Gasteiger partial charge on any atom is 0.122 e. The van der Waals surface area contributed by atoms with E-state index in [1.54, 1.807) is 13.2 Å². The van der Waals surface area contributed by atoms with Crippen molar-refractivity contribution in [3.05, 3.63) is 36.4 Å². The number of rotatable bonds is 6. The van der Waals surface area contributed by atoms with Crippen LogP contribution in [-0.2, 0) is 0 Å². The van der Waals surface area contributed by atoms with Crippen molar-refractivity contribution in [1.29, 1.82) is 0 Å². The third-order valence-corrected chi connectivity index (χ3v) is 1.87. The smallest absolute Gasteiger partial charge is 0.122 e. The molecule has 1 rings (SSSR count). The van der Waals surface area contributed by atoms with Crippen LogP contribution in [0.3, 0.4) is 0 Å². The number of aliphatic hydroxyl groups excluding tert-OH is 1. The third-order valence-electron chi connectivity index (χ3n) is 1.87. The SMILES string of the molecule is COc1cccc(OCC/C=C/CO)c1. The molecule has 0 spiro atoms. The summed E-state index contributed by atoms with van der Waals surface area (Å²) in [5.74, 6) is 1.59. The average molecular weight is 208 g/mol. The van der Waals surface area contributed by atoms with Gasteiger partial charge in [0.1, 0.15) is 11.5 Å². The van der Waals surface area contributed by atoms with Crippen LogP contribution in [0, 0.1) is 0 Å². The fourth-order valence-electron chi connectivity index (χ4n) is 1.13. The molecule has 0 aliphatic rings. The van der Waals surface area contributed by atoms with Crippen molar-refractivity contribution >= 4 is 0 Å². The van der Waals surface area contributed by atoms with Crippen LogP contribution < -0.4 is 9.47 Å². The van der Waals surface area contributed by atoms with Crippen LogP contribution in [0.25, 0.3) is 0 Å². The molecule has 0 bridgehead atoms. The van der Waals surface area contributed by atoms with Gasteiger partial charge in [-0.25, -0.2) is 0 Å². The summed E-state index contributed by atoms with van der Waals surface area (Å²) in [5.41, 5.74) is 0. The normalized spacial score (nSPS) is 10.5. The van der Waals surface area contributed by atoms with Gasteiger partial charge in [0.05, 0.1) is 20.3 Å². The van der Waals surface area contributed by atoms with Gasteiger partial charge in [-0.15, -0.1) is 0 Å². The Balaban J connectivity index is 2.33. The van der Waals surface area contributed by atoms with Gasteiger partial charge in [0, 0.05) is 6.07 Å². The molecule has 0 radical (unpaired) electrons. The lowest BCUT2D eigenvalue weighted by Gasteiger charge is -2.05. The minimum atomic E-state index is 0.0825. The number of ether oxygens (including phenoxy) is 2. The van der Waals surface area contributed by atoms with E-state index in [1.165, 1.54) is 0 Å². The van der Waals surface area contributed by atoms with Gasteiger partial charge in [-0.3, -0.25) is 0 Å². The molecule has 0 saturated heterocycles. The molecule has 1 N–H and O–H groups in total. The highest BCUT2D eigenvalue weighted by Gasteiger charge is 1.94. The summed E-state index contributed by atoms with van der Waals surface area (Å²) < 4.78 is 10.6. The van der Waals surface area contributed by atoms with E-state index in [2.05, 4.69) is 0 Å². The summed E-state index contributed by atoms with van der Waals surface area (Å²) in [6.45, 7) is 0.683. The lowest BCUT2D eigenvalue weighted by atomic mass is 10.3. The van der Waals surface area contributed by atoms with Gasteiger partial charge >= 0.3 is 0 Å². The Morgan fingerprint density at radius 3 is 2.80 bits per heavy atom. The molecule has 3 nitrogen and oxygen atoms in total. The van der Waals surface area contributed by atoms with Crippen LogP contribution in [0.4, 0.5) is 0 Å². The molecule has 1 aromatic carbocycles. The highest BCUT2D eigenvalue weighted by Crippen LogP contribution is 2.18. The second kappa shape index (κ2) is 6.90. The van der Waals surface area contributed by atoms with E-state index in [0.29, 0.717) is 6.61 Å². The van der Waals surface area contributed by atoms with Gasteiger partial charge in [-0.05, 0) is 18.6 Å². The van der Waals surface area contributed by atoms with E-state index in [-0.39, 0.29) is 6.61 Å². The number of hydrogen-bond acceptors (Lipinski definition) is 3. The van der Waals surface area contributed by atoms with E-state index < -0.39 is 0 Å². The predicted octanol–water partition coefficient (Wildman–Crippen LogP) is 2.01. The summed E-state index contributed by atoms with van der Waals surface area (Å²) in [4.78, 5) is 0. The van der Waals surface area contributed by atoms with Crippen LogP contribution in [0.5, 0.6) is 11.5 Å². The van der Waals surface area contributed by atoms with E-state index >= 15 is 0 Å². The van der Waals surface area contributed by atoms with Crippen molar-refractivity contribution in [3.8, 4) is 11.5 Å². The standard InChI is InChI=1S/C12H16O3/c1-14-11-6-5-7-12(10-11)15-9-4-2-3-8-13/h2-3,5-7,10,13H,4,8-9H2,1H3/b3-2+. The van der Waals surface area contributed by atoms with Crippen LogP contribution in [0.1, 0.15) is 6.42 Å². The van der Waals surface area contributed by atoms with Crippen molar-refractivity contribution in [3.63, 3.8) is 0 Å². The zero-order chi connectivity index (χ0) is 10.9. The largest absolute Gasteiger partial charge is 0.497 e. The summed E-state index contributed by atoms with van der Waals surface area (Å²) in [6, 6.07) is 7.49. The molecule has 0 amide bonds. The molecule has 0 saturated carbocycles. The second-order valence-electron chi connectivity index (χ2n) is 2.97. The van der Waals surface area contributed by atoms with E-state index in [1.807, 2.05) is 30.3 Å². The molecule has 0 aromatic heterocycles. The third kappa shape index (κ3) is 4.51. The molecule has 82 valence electrons. The Morgan fingerprint density at radius 2 is 2.07 bits per heavy atom. The molecule has 15 heavy (non-hydrogen) atoms. The minimum Gasteiger partial charge on any atom is -0.497 e. The first-order chi connectivity index (χ1) is 7.36. The van der Waals surface area contributed by atoms with E-state index in [0.717, 1.165) is 17.9 Å². The number of benzene rings is 1. The second-order valence-corrected chi connectivity index (χ2v) is 2.97. The highest BCUT2D eigenvalue weighted by atomic mass is 16.5. The molecule has 0 aliphatic carbocycles. The lowest BCUT2D eigenvalue weighted by Crippen LogP contribution is -1.95. The van der Waals surface area contributed by atoms with Crippen molar-refractivity contribution in [1.82, 2.24) is 0 Å². The lowest BCUT2D eigenvalue weighted by molar-refractivity contribution is 0.319. The fraction of sp³-hybridized carbons (Fsp3) is 0.333. The van der Waals surface area contributed by atoms with Gasteiger partial charge in [-0.1, -0.05) is 18.2 Å². The summed E-state index contributed by atoms with van der Waals surface area (Å²) >= 11 is 0. The average Bonchev–Trinajstić information content (AvgIpc) is 2.29. The van der Waals surface area contributed by atoms with E-state index in [9.17, 15) is 0 Å². The first-order valence-electron chi connectivity index (χ1n) is 4.89. The summed E-state index contributed by atoms with van der Waals surface area (Å²) in [6.07, 6.45) is 4.38. The Labute approximate surface area is 90.0 Å². The molecule has 3 heteroatoms. The van der Waals surface area contributed by atoms with Gasteiger partial charge < -0.3 is 14.6 Å². The Bertz CT molecular complexity index is 307. The van der Waals surface area contributed by atoms with Crippen molar-refractivity contribution in [2.45, 2.75) is 6.42 Å². The maximum absolute atomic E-state index is 8.51. The minimum absolute atomic E-state index is 0.0825. The first-order valence-corrected chi connectivity index (χ1v) is 4.89. The van der Waals surface area contributed by atoms with Gasteiger partial charge in [0.25, 0.3) is 0 Å². The van der Waals surface area contributed by atoms with E-state index in [4.69, 9.17) is 14.6 Å². The predicted molar refractivity (Wildman–Crippen MR) is 59.3 cm³/mol. The number of hydrogen-bond donors (Lipinski definition) is 1. The van der Waals surface area contributed by atoms with Gasteiger partial charge in [0.2, 0.25) is 0 Å². The molecule has 0 atom stereocenters. The zero-order valence-corrected chi connectivity index (χ0v) is 8.85. The first kappa shape index (κ1) is 11.6. The van der Waals surface area contributed by atoms with Gasteiger partial charge in [0.15, 0.2) is 0 Å². The maximum atomic E-state index is 8.51. The van der Waals surface area contributed by atoms with Crippen molar-refractivity contribution in [2.24, 2.45) is 0 Å². The Kier molecular flexibility index (Phi) is 5.33. The van der Waals surface area contributed by atoms with Crippen LogP contribution in [0.2, 0.25) is 0 Å². The Morgan fingerprint density at radius 1 is 1.27 bits per heavy atom. The molecule has 0 unspecified atom stereocenters. The monoisotopic (exact) mass is 208 g/mol. The molecule has 0 heterocycles. The quantitative estimate of drug-likeness (QED) is 0.574. The molecule has 0 fully saturated rings. The zero-order valence-electron chi connectivity index (χ0n) is 8.85. The highest BCUT2D eigenvalue weighted by molar-refractivity contribution is 5.32. The number of methoxy groups -OCH3 is 1. The summed E-state index contributed by atoms with van der Waals surface area (Å²) in [5, 5.41) is 8.51. The van der Waals surface area contributed by atoms with Crippen molar-refractivity contribution < 1.29 is 14.6 Å². The van der Waals surface area contributed by atoms with Gasteiger partial charge in [-0.2, -0.15) is 0 Å². The van der Waals surface area contributed by atoms with Crippen LogP contribution in [-0.4, -0.2) is 25.4 Å². The van der Waals surface area contributed by atoms with Crippen LogP contribution in [0.15, 0.2) is 36.4 Å². The topological polar surface area (TPSA) is 38.7 Å². The Hall–Kier alpha value is -1.48. The molecular weight excluding hydrogens is 192 g/mol. The number of aliphatic hydroxyl groups is 1. The fourth-order valence-corrected chi connectivity index (χ4v) is 1.13. The van der Waals surface area contributed by atoms with Crippen molar-refractivity contribution in [2.75, 3.05) is 20.3 Å². The van der Waals surface area contributed by atoms with Crippen LogP contribution >= 0.6 is 0 Å². The molecular formula is C12H16O3. The molecule has 0 aliphatic heterocycles. The molecule has 1 aromatic rings.